The molecule has 118 valence electrons. The maximum absolute atomic E-state index is 11.7. The molecule has 0 aliphatic heterocycles. The molecule has 0 aliphatic rings. The molecule has 23 heavy (non-hydrogen) atoms. The Morgan fingerprint density at radius 3 is 3.00 bits per heavy atom. The van der Waals surface area contributed by atoms with Crippen molar-refractivity contribution in [2.75, 3.05) is 5.75 Å². The van der Waals surface area contributed by atoms with Gasteiger partial charge in [0.15, 0.2) is 11.0 Å². The molecule has 2 heterocycles. The number of Topliss-reactive ketones (excluding diaryl/α,β-unsaturated/α-hetero) is 1. The van der Waals surface area contributed by atoms with Crippen LogP contribution in [0, 0.1) is 0 Å². The lowest BCUT2D eigenvalue weighted by molar-refractivity contribution is -0.116. The Bertz CT molecular complexity index is 855. The molecule has 0 atom stereocenters. The molecule has 0 saturated heterocycles. The summed E-state index contributed by atoms with van der Waals surface area (Å²) in [4.78, 5) is 11.7. The van der Waals surface area contributed by atoms with E-state index in [9.17, 15) is 4.79 Å². The second-order valence-electron chi connectivity index (χ2n) is 4.99. The van der Waals surface area contributed by atoms with Crippen LogP contribution in [0.4, 0.5) is 0 Å². The van der Waals surface area contributed by atoms with E-state index in [-0.39, 0.29) is 5.78 Å². The zero-order valence-corrected chi connectivity index (χ0v) is 13.4. The molecule has 2 aromatic heterocycles. The van der Waals surface area contributed by atoms with Gasteiger partial charge in [-0.2, -0.15) is 0 Å². The lowest BCUT2D eigenvalue weighted by Crippen LogP contribution is -2.02. The Kier molecular flexibility index (Phi) is 4.52. The van der Waals surface area contributed by atoms with Gasteiger partial charge in [-0.3, -0.25) is 4.79 Å². The summed E-state index contributed by atoms with van der Waals surface area (Å²) in [7, 11) is 1.87. The standard InChI is InChI=1S/C15H15N5O2S/c1-3-4-5-11(21)9-23-15-17-16-14(20(15)2)10-6-7-12-13(8-10)19-22-18-12/h3,6-8H,1,4-5,9H2,2H3. The van der Waals surface area contributed by atoms with E-state index in [1.54, 1.807) is 6.08 Å². The van der Waals surface area contributed by atoms with Gasteiger partial charge < -0.3 is 4.57 Å². The first kappa shape index (κ1) is 15.4. The smallest absolute Gasteiger partial charge is 0.191 e. The molecule has 0 radical (unpaired) electrons. The van der Waals surface area contributed by atoms with Crippen LogP contribution in [0.2, 0.25) is 0 Å². The third-order valence-electron chi connectivity index (χ3n) is 3.34. The zero-order chi connectivity index (χ0) is 16.2. The van der Waals surface area contributed by atoms with Crippen LogP contribution >= 0.6 is 11.8 Å². The summed E-state index contributed by atoms with van der Waals surface area (Å²) in [5, 5.41) is 16.7. The number of fused-ring (bicyclic) bond motifs is 1. The minimum atomic E-state index is 0.176. The molecule has 0 amide bonds. The summed E-state index contributed by atoms with van der Waals surface area (Å²) >= 11 is 1.39. The SMILES string of the molecule is C=CCCC(=O)CSc1nnc(-c2ccc3nonc3c2)n1C. The summed E-state index contributed by atoms with van der Waals surface area (Å²) in [6.07, 6.45) is 2.96. The molecule has 3 rings (SSSR count). The van der Waals surface area contributed by atoms with Crippen molar-refractivity contribution in [2.24, 2.45) is 7.05 Å². The fraction of sp³-hybridized carbons (Fsp3) is 0.267. The number of hydrogen-bond donors (Lipinski definition) is 0. The number of allylic oxidation sites excluding steroid dienone is 1. The summed E-state index contributed by atoms with van der Waals surface area (Å²) in [5.74, 6) is 1.26. The summed E-state index contributed by atoms with van der Waals surface area (Å²) < 4.78 is 6.56. The van der Waals surface area contributed by atoms with E-state index in [0.717, 1.165) is 5.56 Å². The van der Waals surface area contributed by atoms with Crippen LogP contribution in [0.15, 0.2) is 40.6 Å². The molecule has 0 spiro atoms. The molecular weight excluding hydrogens is 314 g/mol. The van der Waals surface area contributed by atoms with E-state index in [0.29, 0.717) is 40.6 Å². The highest BCUT2D eigenvalue weighted by Gasteiger charge is 2.14. The van der Waals surface area contributed by atoms with Gasteiger partial charge in [-0.05, 0) is 34.9 Å². The molecule has 7 nitrogen and oxygen atoms in total. The molecule has 0 unspecified atom stereocenters. The van der Waals surface area contributed by atoms with Gasteiger partial charge in [0.25, 0.3) is 0 Å². The van der Waals surface area contributed by atoms with Gasteiger partial charge in [-0.25, -0.2) is 4.63 Å². The van der Waals surface area contributed by atoms with E-state index < -0.39 is 0 Å². The number of thioether (sulfide) groups is 1. The van der Waals surface area contributed by atoms with Crippen LogP contribution < -0.4 is 0 Å². The number of carbonyl (C=O) groups excluding carboxylic acids is 1. The van der Waals surface area contributed by atoms with Gasteiger partial charge in [0.1, 0.15) is 16.8 Å². The van der Waals surface area contributed by atoms with Gasteiger partial charge in [-0.1, -0.05) is 17.8 Å². The first-order valence-electron chi connectivity index (χ1n) is 7.06. The van der Waals surface area contributed by atoms with Crippen molar-refractivity contribution >= 4 is 28.6 Å². The lowest BCUT2D eigenvalue weighted by atomic mass is 10.2. The van der Waals surface area contributed by atoms with Crippen LogP contribution in [0.3, 0.4) is 0 Å². The monoisotopic (exact) mass is 329 g/mol. The highest BCUT2D eigenvalue weighted by molar-refractivity contribution is 7.99. The van der Waals surface area contributed by atoms with Gasteiger partial charge in [-0.15, -0.1) is 16.8 Å². The normalized spacial score (nSPS) is 11.0. The quantitative estimate of drug-likeness (QED) is 0.486. The van der Waals surface area contributed by atoms with Crippen LogP contribution in [0.5, 0.6) is 0 Å². The van der Waals surface area contributed by atoms with Crippen LogP contribution in [0.25, 0.3) is 22.4 Å². The van der Waals surface area contributed by atoms with Crippen molar-refractivity contribution in [1.29, 1.82) is 0 Å². The van der Waals surface area contributed by atoms with E-state index >= 15 is 0 Å². The number of hydrogen-bond acceptors (Lipinski definition) is 7. The first-order chi connectivity index (χ1) is 11.2. The molecule has 8 heteroatoms. The van der Waals surface area contributed by atoms with Crippen molar-refractivity contribution in [2.45, 2.75) is 18.0 Å². The highest BCUT2D eigenvalue weighted by atomic mass is 32.2. The van der Waals surface area contributed by atoms with Crippen molar-refractivity contribution < 1.29 is 9.42 Å². The summed E-state index contributed by atoms with van der Waals surface area (Å²) in [6, 6.07) is 5.56. The number of rotatable bonds is 7. The number of ketones is 1. The van der Waals surface area contributed by atoms with Crippen LogP contribution in [0.1, 0.15) is 12.8 Å². The Hall–Kier alpha value is -2.48. The second-order valence-corrected chi connectivity index (χ2v) is 5.93. The Morgan fingerprint density at radius 2 is 2.17 bits per heavy atom. The Labute approximate surface area is 136 Å². The third-order valence-corrected chi connectivity index (χ3v) is 4.42. The number of aromatic nitrogens is 5. The van der Waals surface area contributed by atoms with Gasteiger partial charge in [0.2, 0.25) is 0 Å². The van der Waals surface area contributed by atoms with Crippen LogP contribution in [-0.2, 0) is 11.8 Å². The predicted octanol–water partition coefficient (Wildman–Crippen LogP) is 2.65. The molecule has 0 fully saturated rings. The van der Waals surface area contributed by atoms with Crippen molar-refractivity contribution in [3.8, 4) is 11.4 Å². The lowest BCUT2D eigenvalue weighted by Gasteiger charge is -2.03. The molecule has 0 aliphatic carbocycles. The van der Waals surface area contributed by atoms with E-state index in [1.807, 2.05) is 29.8 Å². The molecular formula is C15H15N5O2S. The molecule has 0 saturated carbocycles. The Balaban J connectivity index is 1.76. The molecule has 0 N–H and O–H groups in total. The third kappa shape index (κ3) is 3.31. The maximum Gasteiger partial charge on any atom is 0.191 e. The first-order valence-corrected chi connectivity index (χ1v) is 8.05. The number of nitrogens with zero attached hydrogens (tertiary/aromatic N) is 5. The molecule has 0 bridgehead atoms. The van der Waals surface area contributed by atoms with E-state index in [1.165, 1.54) is 11.8 Å². The van der Waals surface area contributed by atoms with Gasteiger partial charge >= 0.3 is 0 Å². The van der Waals surface area contributed by atoms with E-state index in [2.05, 4.69) is 27.1 Å². The average Bonchev–Trinajstić information content (AvgIpc) is 3.16. The zero-order valence-electron chi connectivity index (χ0n) is 12.6. The summed E-state index contributed by atoms with van der Waals surface area (Å²) in [5.41, 5.74) is 2.23. The maximum atomic E-state index is 11.7. The van der Waals surface area contributed by atoms with Gasteiger partial charge in [0, 0.05) is 19.0 Å². The molecule has 1 aromatic carbocycles. The number of carbonyl (C=O) groups is 1. The number of benzene rings is 1. The van der Waals surface area contributed by atoms with E-state index in [4.69, 9.17) is 4.63 Å². The minimum Gasteiger partial charge on any atom is -0.305 e. The highest BCUT2D eigenvalue weighted by Crippen LogP contribution is 2.25. The average molecular weight is 329 g/mol. The van der Waals surface area contributed by atoms with Crippen molar-refractivity contribution in [3.63, 3.8) is 0 Å². The topological polar surface area (TPSA) is 86.7 Å². The predicted molar refractivity (Wildman–Crippen MR) is 87.0 cm³/mol. The summed E-state index contributed by atoms with van der Waals surface area (Å²) in [6.45, 7) is 3.62. The van der Waals surface area contributed by atoms with Crippen molar-refractivity contribution in [3.05, 3.63) is 30.9 Å². The largest absolute Gasteiger partial charge is 0.305 e. The fourth-order valence-corrected chi connectivity index (χ4v) is 2.91. The minimum absolute atomic E-state index is 0.176. The second kappa shape index (κ2) is 6.74. The fourth-order valence-electron chi connectivity index (χ4n) is 2.09. The Morgan fingerprint density at radius 1 is 1.35 bits per heavy atom. The van der Waals surface area contributed by atoms with Crippen molar-refractivity contribution in [1.82, 2.24) is 25.1 Å². The van der Waals surface area contributed by atoms with Gasteiger partial charge in [0.05, 0.1) is 5.75 Å². The molecule has 3 aromatic rings. The van der Waals surface area contributed by atoms with Crippen LogP contribution in [-0.4, -0.2) is 36.6 Å².